The molecule has 2 aromatic heterocycles. The monoisotopic (exact) mass is 1500 g/mol. The topological polar surface area (TPSA) is 189 Å². The summed E-state index contributed by atoms with van der Waals surface area (Å²) in [5.41, 5.74) is 23.1. The van der Waals surface area contributed by atoms with E-state index in [-0.39, 0.29) is 22.3 Å². The van der Waals surface area contributed by atoms with E-state index < -0.39 is 17.3 Å². The molecule has 1 aliphatic rings. The van der Waals surface area contributed by atoms with Gasteiger partial charge in [-0.05, 0) is 196 Å². The maximum atomic E-state index is 10.7. The number of phenols is 1. The molecule has 574 valence electrons. The Bertz CT molecular complexity index is 4620. The first-order chi connectivity index (χ1) is 51.2. The molecule has 15 heteroatoms. The summed E-state index contributed by atoms with van der Waals surface area (Å²) in [7, 11) is 1.64. The summed E-state index contributed by atoms with van der Waals surface area (Å²) in [6.07, 6.45) is 4.99. The lowest BCUT2D eigenvalue weighted by Crippen LogP contribution is -2.28. The minimum absolute atomic E-state index is 0.0281. The summed E-state index contributed by atoms with van der Waals surface area (Å²) < 4.78 is 12.9. The first-order valence-corrected chi connectivity index (χ1v) is 38.3. The highest BCUT2D eigenvalue weighted by Gasteiger charge is 2.40. The lowest BCUT2D eigenvalue weighted by Gasteiger charge is -2.39. The number of fused-ring (bicyclic) bond motifs is 2. The summed E-state index contributed by atoms with van der Waals surface area (Å²) >= 11 is 8.62. The summed E-state index contributed by atoms with van der Waals surface area (Å²) in [6.45, 7) is 43.4. The number of imidazole rings is 1. The lowest BCUT2D eigenvalue weighted by atomic mass is 9.71. The molecule has 0 saturated heterocycles. The molecular formula is C94H115N7O6S2. The van der Waals surface area contributed by atoms with Crippen molar-refractivity contribution in [2.24, 2.45) is 0 Å². The van der Waals surface area contributed by atoms with Gasteiger partial charge in [0.1, 0.15) is 11.5 Å². The molecule has 0 bridgehead atoms. The van der Waals surface area contributed by atoms with Crippen molar-refractivity contribution in [3.05, 3.63) is 308 Å². The first-order valence-electron chi connectivity index (χ1n) is 37.4. The number of H-pyrrole nitrogens is 1. The van der Waals surface area contributed by atoms with E-state index in [9.17, 15) is 20.4 Å². The van der Waals surface area contributed by atoms with Gasteiger partial charge in [-0.3, -0.25) is 4.98 Å². The van der Waals surface area contributed by atoms with Gasteiger partial charge < -0.3 is 56.2 Å². The molecule has 0 fully saturated rings. The molecule has 0 radical (unpaired) electrons. The summed E-state index contributed by atoms with van der Waals surface area (Å²) in [6, 6.07) is 64.8. The van der Waals surface area contributed by atoms with Crippen molar-refractivity contribution in [3.8, 4) is 23.0 Å². The number of aromatic hydroxyl groups is 1. The van der Waals surface area contributed by atoms with Gasteiger partial charge in [0.2, 0.25) is 0 Å². The van der Waals surface area contributed by atoms with Crippen molar-refractivity contribution < 1.29 is 29.9 Å². The van der Waals surface area contributed by atoms with Gasteiger partial charge in [0.25, 0.3) is 0 Å². The number of hydrogen-bond donors (Lipinski definition) is 10. The van der Waals surface area contributed by atoms with Gasteiger partial charge in [-0.1, -0.05) is 232 Å². The zero-order valence-corrected chi connectivity index (χ0v) is 69.4. The molecule has 2 unspecified atom stereocenters. The van der Waals surface area contributed by atoms with Crippen LogP contribution in [-0.4, -0.2) is 46.7 Å². The van der Waals surface area contributed by atoms with Crippen LogP contribution in [0, 0.1) is 41.5 Å². The number of anilines is 6. The van der Waals surface area contributed by atoms with Gasteiger partial charge in [-0.25, -0.2) is 4.98 Å². The Labute approximate surface area is 659 Å². The van der Waals surface area contributed by atoms with E-state index in [1.807, 2.05) is 115 Å². The molecule has 11 aromatic rings. The number of thiol groups is 1. The largest absolute Gasteiger partial charge is 0.508 e. The molecule has 0 aliphatic carbocycles. The molecule has 2 atom stereocenters. The van der Waals surface area contributed by atoms with Crippen LogP contribution in [0.5, 0.6) is 23.0 Å². The number of methoxy groups -OCH3 is 1. The van der Waals surface area contributed by atoms with Crippen molar-refractivity contribution in [1.29, 1.82) is 0 Å². The minimum Gasteiger partial charge on any atom is -0.508 e. The number of rotatable bonds is 18. The molecular weight excluding hydrogens is 1390 g/mol. The smallest absolute Gasteiger partial charge is 0.155 e. The average Bonchev–Trinajstić information content (AvgIpc) is 0.842. The fourth-order valence-corrected chi connectivity index (χ4v) is 13.3. The Balaban J connectivity index is 0.000000193. The predicted molar refractivity (Wildman–Crippen MR) is 462 cm³/mol. The normalized spacial score (nSPS) is 12.8. The number of hydrogen-bond acceptors (Lipinski definition) is 13. The second-order valence-electron chi connectivity index (χ2n) is 32.4. The number of aryl methyl sites for hydroxylation is 6. The van der Waals surface area contributed by atoms with Gasteiger partial charge >= 0.3 is 0 Å². The van der Waals surface area contributed by atoms with Crippen LogP contribution >= 0.6 is 24.8 Å². The Morgan fingerprint density at radius 3 is 1.51 bits per heavy atom. The van der Waals surface area contributed by atoms with Crippen LogP contribution < -0.4 is 30.7 Å². The maximum Gasteiger partial charge on any atom is 0.155 e. The van der Waals surface area contributed by atoms with E-state index in [1.54, 1.807) is 59.6 Å². The first kappa shape index (κ1) is 84.9. The number of nitrogens with zero attached hydrogens (tertiary/aromatic N) is 2. The van der Waals surface area contributed by atoms with Crippen molar-refractivity contribution in [2.75, 3.05) is 28.4 Å². The molecule has 13 nitrogen and oxygen atoms in total. The second-order valence-corrected chi connectivity index (χ2v) is 33.5. The number of thiocarbonyl (C=S) groups is 1. The van der Waals surface area contributed by atoms with Crippen LogP contribution in [0.4, 0.5) is 34.1 Å². The highest BCUT2D eigenvalue weighted by molar-refractivity contribution is 8.11. The van der Waals surface area contributed by atoms with Gasteiger partial charge in [0.15, 0.2) is 11.5 Å². The Kier molecular flexibility index (Phi) is 28.5. The molecule has 1 aliphatic heterocycles. The molecule has 0 spiro atoms. The maximum absolute atomic E-state index is 10.7. The molecule has 3 heterocycles. The number of nitrogens with one attached hydrogen (secondary N) is 5. The molecule has 9 aromatic carbocycles. The number of aromatic nitrogens is 3. The highest BCUT2D eigenvalue weighted by Crippen LogP contribution is 2.56. The zero-order chi connectivity index (χ0) is 79.9. The molecule has 0 amide bonds. The van der Waals surface area contributed by atoms with Gasteiger partial charge in [0, 0.05) is 58.3 Å². The summed E-state index contributed by atoms with van der Waals surface area (Å²) in [4.78, 5) is 11.1. The predicted octanol–water partition coefficient (Wildman–Crippen LogP) is 23.7. The molecule has 109 heavy (non-hydrogen) atoms. The second kappa shape index (κ2) is 36.6. The Morgan fingerprint density at radius 2 is 1.07 bits per heavy atom. The van der Waals surface area contributed by atoms with Crippen molar-refractivity contribution in [1.82, 2.24) is 15.0 Å². The van der Waals surface area contributed by atoms with E-state index in [0.717, 1.165) is 85.0 Å². The number of aliphatic hydroxyl groups is 3. The van der Waals surface area contributed by atoms with Crippen molar-refractivity contribution in [3.63, 3.8) is 0 Å². The molecule has 12 rings (SSSR count). The third-order valence-corrected chi connectivity index (χ3v) is 20.0. The fourth-order valence-electron chi connectivity index (χ4n) is 13.1. The minimum atomic E-state index is -0.860. The Hall–Kier alpha value is -9.74. The number of phenolic OH excluding ortho intramolecular Hbond substituents is 1. The summed E-state index contributed by atoms with van der Waals surface area (Å²) in [5, 5.41) is 54.4. The lowest BCUT2D eigenvalue weighted by molar-refractivity contribution is 0.0718. The van der Waals surface area contributed by atoms with E-state index in [2.05, 4.69) is 232 Å². The standard InChI is InChI=1S/C41H52N2O.C23H26N2O.C14H15NO2.C12H18O2.C4H4N2S2/c1-23-15-25(3)35(26(4)16-23)42-33-21-29(39(7,8)9)19-31-37(33)44-38-32(41(31,13)14)20-30(40(10,11)12)22-34(38)43-36-27(5)17-24(2)18-28(36)6;1-17(2)18-11-13-20(14-12-18)25-22(21-10-6-7-15-24-21)16-23(26)19-8-4-3-5-9-19;1-17-14-9-5-3-7-12(14)15-10-11-6-2-4-8-13(11)16;1-11(2,13)9-6-5-7-10(8-9)12(3,4)14;7-4(8)3-1-5-2-6-3/h15-22,42-43H,1-14H3;3-15,17,22-23,25-26H,16H2,1-2H3;2-9,15-16H,10H2,1H3;5-8,13-14H,1-4H3;1-2H,(H,5,6)(H,7,8). The number of aromatic amines is 1. The van der Waals surface area contributed by atoms with Gasteiger partial charge in [-0.2, -0.15) is 0 Å². The molecule has 0 saturated carbocycles. The van der Waals surface area contributed by atoms with E-state index in [0.29, 0.717) is 28.8 Å². The number of pyridine rings is 1. The third kappa shape index (κ3) is 23.2. The number of aliphatic hydroxyl groups excluding tert-OH is 1. The quantitative estimate of drug-likeness (QED) is 0.0289. The van der Waals surface area contributed by atoms with E-state index >= 15 is 0 Å². The van der Waals surface area contributed by atoms with Crippen molar-refractivity contribution in [2.45, 2.75) is 197 Å². The van der Waals surface area contributed by atoms with E-state index in [1.165, 1.54) is 61.2 Å². The van der Waals surface area contributed by atoms with Crippen LogP contribution in [0.1, 0.15) is 216 Å². The van der Waals surface area contributed by atoms with Crippen molar-refractivity contribution >= 4 is 63.2 Å². The highest BCUT2D eigenvalue weighted by atomic mass is 32.1. The van der Waals surface area contributed by atoms with Crippen LogP contribution in [0.2, 0.25) is 0 Å². The fraction of sp³-hybridized carbons (Fsp3) is 0.330. The molecule has 9 N–H and O–H groups in total. The Morgan fingerprint density at radius 1 is 0.578 bits per heavy atom. The SMILES string of the molecule is CC(C)(O)c1cccc(C(C)(C)O)c1.CC(C)c1ccc(NC(CC(O)c2ccccc2)c2ccccn2)cc1.COc1ccccc1NCc1ccccc1O.Cc1cc(C)c(Nc2cc(C(C)(C)C)cc3c2Oc2c(Nc4c(C)cc(C)cc4C)cc(C(C)(C)C)cc2C3(C)C)c(C)c1.S=C(S)c1cnc[nH]1. The number of ether oxygens (including phenoxy) is 2. The van der Waals surface area contributed by atoms with Crippen LogP contribution in [0.3, 0.4) is 0 Å². The summed E-state index contributed by atoms with van der Waals surface area (Å²) in [5.74, 6) is 3.41. The number of benzene rings is 9. The third-order valence-electron chi connectivity index (χ3n) is 19.5. The zero-order valence-electron chi connectivity index (χ0n) is 67.7. The van der Waals surface area contributed by atoms with Crippen LogP contribution in [0.25, 0.3) is 0 Å². The van der Waals surface area contributed by atoms with Crippen LogP contribution in [-0.2, 0) is 34.0 Å². The van der Waals surface area contributed by atoms with E-state index in [4.69, 9.17) is 21.7 Å². The number of para-hydroxylation sites is 3. The van der Waals surface area contributed by atoms with Gasteiger partial charge in [-0.15, -0.1) is 12.6 Å². The van der Waals surface area contributed by atoms with Gasteiger partial charge in [0.05, 0.1) is 75.6 Å². The van der Waals surface area contributed by atoms with Crippen LogP contribution in [0.15, 0.2) is 213 Å². The average molecular weight is 1500 g/mol.